The summed E-state index contributed by atoms with van der Waals surface area (Å²) in [5.41, 5.74) is 6.61. The van der Waals surface area contributed by atoms with E-state index in [2.05, 4.69) is 15.0 Å². The number of fused-ring (bicyclic) bond motifs is 7. The molecule has 0 spiro atoms. The minimum Gasteiger partial charge on any atom is -0.490 e. The number of halogens is 4. The summed E-state index contributed by atoms with van der Waals surface area (Å²) in [6, 6.07) is 2.45. The number of nitrogen functional groups attached to an aromatic ring is 1. The molecule has 2 bridgehead atoms. The van der Waals surface area contributed by atoms with Crippen LogP contribution in [0, 0.1) is 12.7 Å². The number of anilines is 1. The fraction of sp³-hybridized carbons (Fsp3) is 0.304. The van der Waals surface area contributed by atoms with E-state index in [-0.39, 0.29) is 35.5 Å². The number of nitrogens with two attached hydrogens (primary N) is 1. The van der Waals surface area contributed by atoms with Crippen molar-refractivity contribution in [3.8, 4) is 5.75 Å². The predicted molar refractivity (Wildman–Crippen MR) is 116 cm³/mol. The van der Waals surface area contributed by atoms with Crippen LogP contribution in [-0.4, -0.2) is 42.8 Å². The van der Waals surface area contributed by atoms with Gasteiger partial charge in [-0.1, -0.05) is 0 Å². The molecule has 0 unspecified atom stereocenters. The highest BCUT2D eigenvalue weighted by atomic mass is 19.4. The SMILES string of the molecule is Cc1ncc2c(N)nc3cnc(C(=O)N4CC[C@H]5C[C@@H]4c4cc(F)c(C(F)(F)F)cc4O5)cc3n12. The molecule has 0 saturated carbocycles. The lowest BCUT2D eigenvalue weighted by Gasteiger charge is -2.44. The van der Waals surface area contributed by atoms with Crippen molar-refractivity contribution in [2.24, 2.45) is 0 Å². The predicted octanol–water partition coefficient (Wildman–Crippen LogP) is 4.06. The van der Waals surface area contributed by atoms with Gasteiger partial charge in [0.15, 0.2) is 0 Å². The van der Waals surface area contributed by atoms with Gasteiger partial charge in [0, 0.05) is 24.9 Å². The molecule has 5 heterocycles. The minimum atomic E-state index is -4.85. The van der Waals surface area contributed by atoms with Crippen molar-refractivity contribution in [1.82, 2.24) is 24.3 Å². The summed E-state index contributed by atoms with van der Waals surface area (Å²) < 4.78 is 61.5. The Kier molecular flexibility index (Phi) is 4.48. The molecule has 1 saturated heterocycles. The Hall–Kier alpha value is -3.96. The first-order valence-corrected chi connectivity index (χ1v) is 10.9. The van der Waals surface area contributed by atoms with Gasteiger partial charge in [-0.15, -0.1) is 0 Å². The summed E-state index contributed by atoms with van der Waals surface area (Å²) in [7, 11) is 0. The standard InChI is InChI=1S/C23H18F4N6O2/c1-10-29-9-19-21(28)31-16-8-30-15(7-18(16)33(10)19)22(34)32-3-2-11-4-17(32)12-5-14(24)13(23(25,26)27)6-20(12)35-11/h5-9,11,17H,2-4H2,1H3,(H2,28,31)/t11-,17+/m0/s1. The molecule has 8 nitrogen and oxygen atoms in total. The van der Waals surface area contributed by atoms with Crippen LogP contribution in [0.25, 0.3) is 16.6 Å². The number of aryl methyl sites for hydroxylation is 1. The number of ether oxygens (including phenoxy) is 1. The zero-order valence-corrected chi connectivity index (χ0v) is 18.3. The van der Waals surface area contributed by atoms with Crippen molar-refractivity contribution in [2.45, 2.75) is 38.1 Å². The maximum absolute atomic E-state index is 14.4. The van der Waals surface area contributed by atoms with Crippen molar-refractivity contribution in [3.05, 3.63) is 59.1 Å². The lowest BCUT2D eigenvalue weighted by atomic mass is 9.88. The first-order chi connectivity index (χ1) is 16.6. The number of imidazole rings is 1. The quantitative estimate of drug-likeness (QED) is 0.408. The maximum atomic E-state index is 14.4. The Morgan fingerprint density at radius 3 is 2.74 bits per heavy atom. The largest absolute Gasteiger partial charge is 0.490 e. The summed E-state index contributed by atoms with van der Waals surface area (Å²) in [5, 5.41) is 0. The van der Waals surface area contributed by atoms with Crippen molar-refractivity contribution in [2.75, 3.05) is 12.3 Å². The van der Waals surface area contributed by atoms with Crippen LogP contribution in [-0.2, 0) is 6.18 Å². The Bertz CT molecular complexity index is 1530. The number of alkyl halides is 3. The number of piperidine rings is 1. The summed E-state index contributed by atoms with van der Waals surface area (Å²) >= 11 is 0. The van der Waals surface area contributed by atoms with E-state index in [9.17, 15) is 22.4 Å². The minimum absolute atomic E-state index is 0.0561. The van der Waals surface area contributed by atoms with Gasteiger partial charge in [-0.3, -0.25) is 9.20 Å². The van der Waals surface area contributed by atoms with E-state index in [1.807, 2.05) is 0 Å². The van der Waals surface area contributed by atoms with E-state index < -0.39 is 29.5 Å². The number of pyridine rings is 1. The number of hydrogen-bond donors (Lipinski definition) is 1. The number of amides is 1. The molecule has 4 aromatic rings. The number of carbonyl (C=O) groups excluding carboxylic acids is 1. The average Bonchev–Trinajstić information content (AvgIpc) is 3.21. The number of likely N-dealkylation sites (tertiary alicyclic amines) is 1. The van der Waals surface area contributed by atoms with Crippen molar-refractivity contribution in [1.29, 1.82) is 0 Å². The van der Waals surface area contributed by atoms with Gasteiger partial charge >= 0.3 is 6.18 Å². The lowest BCUT2D eigenvalue weighted by molar-refractivity contribution is -0.140. The topological polar surface area (TPSA) is 98.6 Å². The first kappa shape index (κ1) is 21.6. The van der Waals surface area contributed by atoms with Crippen LogP contribution in [0.5, 0.6) is 5.75 Å². The van der Waals surface area contributed by atoms with Gasteiger partial charge < -0.3 is 15.4 Å². The normalized spacial score (nSPS) is 19.6. The third-order valence-corrected chi connectivity index (χ3v) is 6.64. The van der Waals surface area contributed by atoms with E-state index >= 15 is 0 Å². The molecule has 2 aliphatic heterocycles. The zero-order chi connectivity index (χ0) is 24.6. The number of aromatic nitrogens is 4. The molecule has 1 amide bonds. The van der Waals surface area contributed by atoms with E-state index in [0.29, 0.717) is 41.3 Å². The number of carbonyl (C=O) groups is 1. The third-order valence-electron chi connectivity index (χ3n) is 6.64. The molecule has 0 radical (unpaired) electrons. The van der Waals surface area contributed by atoms with Gasteiger partial charge in [0.2, 0.25) is 0 Å². The second kappa shape index (κ2) is 7.27. The zero-order valence-electron chi connectivity index (χ0n) is 18.3. The van der Waals surface area contributed by atoms with Gasteiger partial charge in [-0.05, 0) is 25.1 Å². The molecule has 0 aliphatic carbocycles. The monoisotopic (exact) mass is 486 g/mol. The first-order valence-electron chi connectivity index (χ1n) is 10.9. The van der Waals surface area contributed by atoms with Crippen LogP contribution in [0.15, 0.2) is 30.6 Å². The number of rotatable bonds is 1. The number of hydrogen-bond acceptors (Lipinski definition) is 6. The second-order valence-electron chi connectivity index (χ2n) is 8.73. The van der Waals surface area contributed by atoms with Gasteiger partial charge in [-0.2, -0.15) is 13.2 Å². The molecule has 12 heteroatoms. The molecule has 6 rings (SSSR count). The fourth-order valence-corrected chi connectivity index (χ4v) is 4.99. The van der Waals surface area contributed by atoms with Crippen molar-refractivity contribution < 1.29 is 27.1 Å². The molecule has 1 aromatic carbocycles. The lowest BCUT2D eigenvalue weighted by Crippen LogP contribution is -2.46. The Morgan fingerprint density at radius 2 is 1.97 bits per heavy atom. The average molecular weight is 486 g/mol. The third kappa shape index (κ3) is 3.27. The number of benzene rings is 1. The van der Waals surface area contributed by atoms with Crippen LogP contribution in [0.2, 0.25) is 0 Å². The fourth-order valence-electron chi connectivity index (χ4n) is 4.99. The summed E-state index contributed by atoms with van der Waals surface area (Å²) in [6.07, 6.45) is -1.41. The molecule has 2 N–H and O–H groups in total. The van der Waals surface area contributed by atoms with Gasteiger partial charge in [-0.25, -0.2) is 19.3 Å². The summed E-state index contributed by atoms with van der Waals surface area (Å²) in [4.78, 5) is 28.0. The number of nitrogens with zero attached hydrogens (tertiary/aromatic N) is 5. The van der Waals surface area contributed by atoms with Crippen LogP contribution in [0.4, 0.5) is 23.4 Å². The summed E-state index contributed by atoms with van der Waals surface area (Å²) in [6.45, 7) is 2.08. The maximum Gasteiger partial charge on any atom is 0.419 e. The smallest absolute Gasteiger partial charge is 0.419 e. The van der Waals surface area contributed by atoms with E-state index in [0.717, 1.165) is 6.07 Å². The van der Waals surface area contributed by atoms with Gasteiger partial charge in [0.25, 0.3) is 5.91 Å². The highest BCUT2D eigenvalue weighted by Crippen LogP contribution is 2.46. The van der Waals surface area contributed by atoms with Crippen molar-refractivity contribution >= 4 is 28.3 Å². The highest BCUT2D eigenvalue weighted by molar-refractivity contribution is 5.96. The molecule has 3 aromatic heterocycles. The Morgan fingerprint density at radius 1 is 1.17 bits per heavy atom. The molecular formula is C23H18F4N6O2. The van der Waals surface area contributed by atoms with Crippen LogP contribution < -0.4 is 10.5 Å². The van der Waals surface area contributed by atoms with E-state index in [1.165, 1.54) is 11.1 Å². The van der Waals surface area contributed by atoms with Gasteiger partial charge in [0.05, 0.1) is 29.5 Å². The summed E-state index contributed by atoms with van der Waals surface area (Å²) in [5.74, 6) is -0.953. The van der Waals surface area contributed by atoms with Crippen LogP contribution in [0.3, 0.4) is 0 Å². The van der Waals surface area contributed by atoms with E-state index in [1.54, 1.807) is 23.6 Å². The molecule has 2 aliphatic rings. The molecule has 2 atom stereocenters. The van der Waals surface area contributed by atoms with Crippen LogP contribution in [0.1, 0.15) is 46.3 Å². The molecular weight excluding hydrogens is 468 g/mol. The van der Waals surface area contributed by atoms with Crippen LogP contribution >= 0.6 is 0 Å². The van der Waals surface area contributed by atoms with Gasteiger partial charge in [0.1, 0.15) is 46.0 Å². The Balaban J connectivity index is 1.42. The van der Waals surface area contributed by atoms with Crippen molar-refractivity contribution in [3.63, 3.8) is 0 Å². The highest BCUT2D eigenvalue weighted by Gasteiger charge is 2.42. The molecule has 180 valence electrons. The second-order valence-corrected chi connectivity index (χ2v) is 8.73. The Labute approximate surface area is 195 Å². The van der Waals surface area contributed by atoms with E-state index in [4.69, 9.17) is 10.5 Å². The molecule has 1 fully saturated rings. The molecule has 35 heavy (non-hydrogen) atoms.